The van der Waals surface area contributed by atoms with Gasteiger partial charge >= 0.3 is 0 Å². The SMILES string of the molecule is Cc1ccc(-c2cc(C(=O)NC(c3ccccc3)c3ccccc3)n(-c3ccccc3Cl)n2)cc1C. The van der Waals surface area contributed by atoms with Gasteiger partial charge in [-0.3, -0.25) is 4.79 Å². The quantitative estimate of drug-likeness (QED) is 0.270. The summed E-state index contributed by atoms with van der Waals surface area (Å²) in [5.41, 5.74) is 7.07. The van der Waals surface area contributed by atoms with Gasteiger partial charge in [-0.15, -0.1) is 0 Å². The molecule has 5 rings (SSSR count). The highest BCUT2D eigenvalue weighted by Gasteiger charge is 2.23. The van der Waals surface area contributed by atoms with Gasteiger partial charge in [0.25, 0.3) is 5.91 Å². The zero-order valence-electron chi connectivity index (χ0n) is 20.2. The van der Waals surface area contributed by atoms with Crippen molar-refractivity contribution in [2.45, 2.75) is 19.9 Å². The van der Waals surface area contributed by atoms with Crippen LogP contribution in [-0.2, 0) is 0 Å². The largest absolute Gasteiger partial charge is 0.340 e. The lowest BCUT2D eigenvalue weighted by molar-refractivity contribution is 0.0935. The van der Waals surface area contributed by atoms with Crippen molar-refractivity contribution in [1.29, 1.82) is 0 Å². The molecule has 0 saturated heterocycles. The van der Waals surface area contributed by atoms with Gasteiger partial charge < -0.3 is 5.32 Å². The zero-order valence-corrected chi connectivity index (χ0v) is 20.9. The number of hydrogen-bond donors (Lipinski definition) is 1. The Balaban J connectivity index is 1.60. The standard InChI is InChI=1S/C31H26ClN3O/c1-21-17-18-25(19-22(21)2)27-20-29(35(34-27)28-16-10-9-15-26(28)32)31(36)33-30(23-11-5-3-6-12-23)24-13-7-4-8-14-24/h3-20,30H,1-2H3,(H,33,36). The van der Waals surface area contributed by atoms with E-state index in [2.05, 4.69) is 31.3 Å². The van der Waals surface area contributed by atoms with E-state index in [-0.39, 0.29) is 11.9 Å². The lowest BCUT2D eigenvalue weighted by Crippen LogP contribution is -2.31. The van der Waals surface area contributed by atoms with Crippen LogP contribution in [0.4, 0.5) is 0 Å². The Hall–Kier alpha value is -4.15. The normalized spacial score (nSPS) is 11.0. The maximum absolute atomic E-state index is 13.9. The summed E-state index contributed by atoms with van der Waals surface area (Å²) in [5.74, 6) is -0.241. The highest BCUT2D eigenvalue weighted by molar-refractivity contribution is 6.32. The molecule has 0 bridgehead atoms. The summed E-state index contributed by atoms with van der Waals surface area (Å²) in [7, 11) is 0. The average Bonchev–Trinajstić information content (AvgIpc) is 3.35. The van der Waals surface area contributed by atoms with Crippen LogP contribution >= 0.6 is 11.6 Å². The Labute approximate surface area is 216 Å². The fraction of sp³-hybridized carbons (Fsp3) is 0.0968. The van der Waals surface area contributed by atoms with Crippen LogP contribution in [0.25, 0.3) is 16.9 Å². The van der Waals surface area contributed by atoms with Gasteiger partial charge in [-0.05, 0) is 60.4 Å². The molecular weight excluding hydrogens is 466 g/mol. The fourth-order valence-corrected chi connectivity index (χ4v) is 4.46. The third-order valence-corrected chi connectivity index (χ3v) is 6.69. The second-order valence-corrected chi connectivity index (χ2v) is 9.21. The fourth-order valence-electron chi connectivity index (χ4n) is 4.25. The molecule has 0 aliphatic heterocycles. The number of rotatable bonds is 6. The van der Waals surface area contributed by atoms with E-state index in [0.717, 1.165) is 16.7 Å². The van der Waals surface area contributed by atoms with E-state index in [1.54, 1.807) is 10.7 Å². The van der Waals surface area contributed by atoms with Crippen molar-refractivity contribution in [3.05, 3.63) is 142 Å². The average molecular weight is 492 g/mol. The van der Waals surface area contributed by atoms with Crippen LogP contribution in [0.2, 0.25) is 5.02 Å². The number of aromatic nitrogens is 2. The smallest absolute Gasteiger partial charge is 0.270 e. The second-order valence-electron chi connectivity index (χ2n) is 8.80. The first kappa shape index (κ1) is 23.6. The molecule has 0 spiro atoms. The minimum absolute atomic E-state index is 0.241. The predicted molar refractivity (Wildman–Crippen MR) is 146 cm³/mol. The van der Waals surface area contributed by atoms with Gasteiger partial charge in [0.05, 0.1) is 22.4 Å². The van der Waals surface area contributed by atoms with Crippen LogP contribution in [0.5, 0.6) is 0 Å². The Bertz CT molecular complexity index is 1470. The molecule has 0 radical (unpaired) electrons. The number of benzene rings is 4. The van der Waals surface area contributed by atoms with E-state index in [4.69, 9.17) is 16.7 Å². The van der Waals surface area contributed by atoms with Crippen molar-refractivity contribution in [2.24, 2.45) is 0 Å². The molecule has 36 heavy (non-hydrogen) atoms. The topological polar surface area (TPSA) is 46.9 Å². The van der Waals surface area contributed by atoms with Gasteiger partial charge in [0.15, 0.2) is 0 Å². The van der Waals surface area contributed by atoms with Gasteiger partial charge in [0.1, 0.15) is 5.69 Å². The highest BCUT2D eigenvalue weighted by Crippen LogP contribution is 2.28. The summed E-state index contributed by atoms with van der Waals surface area (Å²) >= 11 is 6.54. The number of halogens is 1. The minimum atomic E-state index is -0.320. The molecule has 4 aromatic carbocycles. The van der Waals surface area contributed by atoms with Crippen LogP contribution in [0, 0.1) is 13.8 Å². The Kier molecular flexibility index (Phi) is 6.70. The first-order valence-electron chi connectivity index (χ1n) is 11.8. The van der Waals surface area contributed by atoms with Crippen molar-refractivity contribution in [3.63, 3.8) is 0 Å². The molecule has 5 aromatic rings. The van der Waals surface area contributed by atoms with Crippen molar-refractivity contribution in [2.75, 3.05) is 0 Å². The molecule has 0 atom stereocenters. The van der Waals surface area contributed by atoms with Gasteiger partial charge in [-0.2, -0.15) is 5.10 Å². The lowest BCUT2D eigenvalue weighted by Gasteiger charge is -2.20. The molecule has 1 aromatic heterocycles. The molecule has 1 heterocycles. The van der Waals surface area contributed by atoms with E-state index in [1.165, 1.54) is 11.1 Å². The summed E-state index contributed by atoms with van der Waals surface area (Å²) in [6, 6.07) is 35.0. The predicted octanol–water partition coefficient (Wildman–Crippen LogP) is 7.33. The van der Waals surface area contributed by atoms with Crippen molar-refractivity contribution in [1.82, 2.24) is 15.1 Å². The summed E-state index contributed by atoms with van der Waals surface area (Å²) in [6.07, 6.45) is 0. The van der Waals surface area contributed by atoms with Crippen molar-refractivity contribution >= 4 is 17.5 Å². The molecule has 178 valence electrons. The number of carbonyl (C=O) groups is 1. The molecule has 0 fully saturated rings. The molecule has 0 aliphatic carbocycles. The van der Waals surface area contributed by atoms with E-state index >= 15 is 0 Å². The molecule has 1 N–H and O–H groups in total. The van der Waals surface area contributed by atoms with Crippen LogP contribution in [0.3, 0.4) is 0 Å². The van der Waals surface area contributed by atoms with Crippen LogP contribution < -0.4 is 5.32 Å². The number of amides is 1. The molecule has 5 heteroatoms. The molecule has 1 amide bonds. The number of nitrogens with one attached hydrogen (secondary N) is 1. The summed E-state index contributed by atoms with van der Waals surface area (Å²) in [5, 5.41) is 8.58. The van der Waals surface area contributed by atoms with Crippen LogP contribution in [0.15, 0.2) is 109 Å². The summed E-state index contributed by atoms with van der Waals surface area (Å²) < 4.78 is 1.63. The number of aryl methyl sites for hydroxylation is 2. The first-order chi connectivity index (χ1) is 17.5. The van der Waals surface area contributed by atoms with Gasteiger partial charge in [0.2, 0.25) is 0 Å². The maximum Gasteiger partial charge on any atom is 0.270 e. The maximum atomic E-state index is 13.9. The lowest BCUT2D eigenvalue weighted by atomic mass is 9.98. The molecule has 0 saturated carbocycles. The first-order valence-corrected chi connectivity index (χ1v) is 12.2. The zero-order chi connectivity index (χ0) is 25.1. The number of nitrogens with zero attached hydrogens (tertiary/aromatic N) is 2. The third kappa shape index (κ3) is 4.81. The number of hydrogen-bond acceptors (Lipinski definition) is 2. The molecule has 4 nitrogen and oxygen atoms in total. The molecule has 0 unspecified atom stereocenters. The van der Waals surface area contributed by atoms with Crippen molar-refractivity contribution < 1.29 is 4.79 Å². The summed E-state index contributed by atoms with van der Waals surface area (Å²) in [4.78, 5) is 13.9. The van der Waals surface area contributed by atoms with Gasteiger partial charge in [0, 0.05) is 5.56 Å². The van der Waals surface area contributed by atoms with Gasteiger partial charge in [-0.25, -0.2) is 4.68 Å². The monoisotopic (exact) mass is 491 g/mol. The minimum Gasteiger partial charge on any atom is -0.340 e. The Morgan fingerprint density at radius 1 is 0.778 bits per heavy atom. The van der Waals surface area contributed by atoms with E-state index in [9.17, 15) is 4.79 Å². The summed E-state index contributed by atoms with van der Waals surface area (Å²) in [6.45, 7) is 4.15. The highest BCUT2D eigenvalue weighted by atomic mass is 35.5. The second kappa shape index (κ2) is 10.2. The van der Waals surface area contributed by atoms with Crippen LogP contribution in [-0.4, -0.2) is 15.7 Å². The Morgan fingerprint density at radius 2 is 1.39 bits per heavy atom. The molecule has 0 aliphatic rings. The van der Waals surface area contributed by atoms with E-state index in [0.29, 0.717) is 22.1 Å². The number of carbonyl (C=O) groups excluding carboxylic acids is 1. The third-order valence-electron chi connectivity index (χ3n) is 6.37. The van der Waals surface area contributed by atoms with E-state index < -0.39 is 0 Å². The number of para-hydroxylation sites is 1. The van der Waals surface area contributed by atoms with Crippen LogP contribution in [0.1, 0.15) is 38.8 Å². The van der Waals surface area contributed by atoms with Crippen molar-refractivity contribution in [3.8, 4) is 16.9 Å². The van der Waals surface area contributed by atoms with Gasteiger partial charge in [-0.1, -0.05) is 96.5 Å². The van der Waals surface area contributed by atoms with E-state index in [1.807, 2.05) is 91.0 Å². The Morgan fingerprint density at radius 3 is 2.00 bits per heavy atom. The molecular formula is C31H26ClN3O.